The molecule has 7 unspecified atom stereocenters. The van der Waals surface area contributed by atoms with Gasteiger partial charge in [0.05, 0.1) is 19.5 Å². The van der Waals surface area contributed by atoms with Crippen molar-refractivity contribution >= 4 is 69.1 Å². The average Bonchev–Trinajstić information content (AvgIpc) is 3.71. The third-order valence-electron chi connectivity index (χ3n) is 8.75. The SMILES string of the molecule is CCCCCCCCCC(=O)SCCNC(=O)CCNC(=O)C(O)C(C)(C)COP(=O)(O)OP(=O)(O)OCC1OC(n2cnc3c(N)ncnc32)C(O)C1OP(=O)(O)O.N. The number of phosphoric ester groups is 3. The van der Waals surface area contributed by atoms with Gasteiger partial charge in [0.15, 0.2) is 22.8 Å². The van der Waals surface area contributed by atoms with Crippen LogP contribution in [-0.4, -0.2) is 123 Å². The smallest absolute Gasteiger partial charge is 0.386 e. The van der Waals surface area contributed by atoms with E-state index >= 15 is 0 Å². The van der Waals surface area contributed by atoms with Gasteiger partial charge in [0.25, 0.3) is 0 Å². The zero-order valence-electron chi connectivity index (χ0n) is 33.4. The number of nitrogen functional groups attached to an aromatic ring is 1. The molecule has 1 aliphatic rings. The summed E-state index contributed by atoms with van der Waals surface area (Å²) in [5, 5.41) is 26.5. The number of thioether (sulfide) groups is 1. The minimum absolute atomic E-state index is 0. The van der Waals surface area contributed by atoms with Gasteiger partial charge in [-0.1, -0.05) is 71.1 Å². The fourth-order valence-corrected chi connectivity index (χ4v) is 9.14. The van der Waals surface area contributed by atoms with Crippen LogP contribution in [0.5, 0.6) is 0 Å². The van der Waals surface area contributed by atoms with Crippen LogP contribution in [0.15, 0.2) is 12.7 Å². The maximum absolute atomic E-state index is 12.7. The van der Waals surface area contributed by atoms with E-state index in [9.17, 15) is 57.9 Å². The predicted octanol–water partition coefficient (Wildman–Crippen LogP) is 1.97. The van der Waals surface area contributed by atoms with Gasteiger partial charge in [-0.2, -0.15) is 4.31 Å². The molecular weight excluding hydrogens is 881 g/mol. The number of rotatable bonds is 27. The standard InChI is InChI=1S/C31H54N7O17P3S.H3N/c1-4-5-6-7-8-9-10-11-22(40)59-15-14-33-21(39)12-13-34-29(43)26(42)31(2,3)17-52-58(49,50)55-57(47,48)51-16-20-25(54-56(44,45)46)24(41)30(53-20)38-19-37-23-27(32)35-18-36-28(23)38;/h18-20,24-26,30,41-42H,4-17H2,1-3H3,(H,33,39)(H,34,43)(H,47,48)(H,49,50)(H2,32,35,36)(H2,44,45,46);1H3. The van der Waals surface area contributed by atoms with Crippen molar-refractivity contribution in [2.45, 2.75) is 109 Å². The Bertz CT molecular complexity index is 1860. The fourth-order valence-electron chi connectivity index (χ4n) is 5.59. The molecule has 344 valence electrons. The molecule has 13 N–H and O–H groups in total. The van der Waals surface area contributed by atoms with Gasteiger partial charge in [-0.05, 0) is 6.42 Å². The molecule has 0 saturated carbocycles. The second-order valence-corrected chi connectivity index (χ2v) is 19.5. The van der Waals surface area contributed by atoms with E-state index in [1.54, 1.807) is 0 Å². The molecule has 2 aromatic rings. The first-order valence-electron chi connectivity index (χ1n) is 18.6. The summed E-state index contributed by atoms with van der Waals surface area (Å²) in [5.41, 5.74) is 4.28. The normalized spacial score (nSPS) is 20.8. The van der Waals surface area contributed by atoms with Gasteiger partial charge in [0, 0.05) is 37.1 Å². The predicted molar refractivity (Wildman–Crippen MR) is 215 cm³/mol. The number of aliphatic hydroxyl groups is 2. The molecule has 2 amide bonds. The number of ether oxygens (including phenoxy) is 1. The number of aliphatic hydroxyl groups excluding tert-OH is 2. The molecule has 0 aliphatic carbocycles. The number of hydrogen-bond donors (Lipinski definition) is 10. The Labute approximate surface area is 350 Å². The summed E-state index contributed by atoms with van der Waals surface area (Å²) in [4.78, 5) is 87.8. The second-order valence-electron chi connectivity index (χ2n) is 14.2. The molecule has 2 aromatic heterocycles. The summed E-state index contributed by atoms with van der Waals surface area (Å²) in [7, 11) is -16.4. The molecule has 3 heterocycles. The van der Waals surface area contributed by atoms with Crippen molar-refractivity contribution in [3.63, 3.8) is 0 Å². The van der Waals surface area contributed by atoms with E-state index in [1.807, 2.05) is 0 Å². The van der Waals surface area contributed by atoms with Crippen molar-refractivity contribution in [1.29, 1.82) is 0 Å². The summed E-state index contributed by atoms with van der Waals surface area (Å²) >= 11 is 1.14. The highest BCUT2D eigenvalue weighted by Gasteiger charge is 2.50. The van der Waals surface area contributed by atoms with Crippen molar-refractivity contribution in [3.05, 3.63) is 12.7 Å². The number of amides is 2. The molecule has 60 heavy (non-hydrogen) atoms. The quantitative estimate of drug-likeness (QED) is 0.0452. The van der Waals surface area contributed by atoms with Gasteiger partial charge >= 0.3 is 23.5 Å². The molecule has 1 saturated heterocycles. The van der Waals surface area contributed by atoms with Crippen LogP contribution in [0, 0.1) is 5.41 Å². The van der Waals surface area contributed by atoms with E-state index in [-0.39, 0.29) is 47.8 Å². The zero-order valence-corrected chi connectivity index (χ0v) is 36.9. The van der Waals surface area contributed by atoms with E-state index in [0.29, 0.717) is 12.2 Å². The number of unbranched alkanes of at least 4 members (excludes halogenated alkanes) is 6. The van der Waals surface area contributed by atoms with Crippen LogP contribution in [0.2, 0.25) is 0 Å². The van der Waals surface area contributed by atoms with Crippen molar-refractivity contribution in [3.8, 4) is 0 Å². The average molecular weight is 939 g/mol. The van der Waals surface area contributed by atoms with Crippen LogP contribution in [0.3, 0.4) is 0 Å². The second kappa shape index (κ2) is 24.4. The van der Waals surface area contributed by atoms with Crippen molar-refractivity contribution in [1.82, 2.24) is 36.3 Å². The maximum atomic E-state index is 12.7. The number of carbonyl (C=O) groups is 3. The van der Waals surface area contributed by atoms with Gasteiger partial charge in [0.2, 0.25) is 11.8 Å². The number of imidazole rings is 1. The third kappa shape index (κ3) is 17.7. The molecule has 0 radical (unpaired) electrons. The lowest BCUT2D eigenvalue weighted by Gasteiger charge is -2.30. The summed E-state index contributed by atoms with van der Waals surface area (Å²) in [6.45, 7) is 2.73. The highest BCUT2D eigenvalue weighted by molar-refractivity contribution is 8.13. The van der Waals surface area contributed by atoms with Crippen LogP contribution in [-0.2, 0) is 50.7 Å². The summed E-state index contributed by atoms with van der Waals surface area (Å²) in [6, 6.07) is 0. The lowest BCUT2D eigenvalue weighted by atomic mass is 9.87. The Kier molecular flexibility index (Phi) is 21.8. The Morgan fingerprint density at radius 1 is 0.967 bits per heavy atom. The summed E-state index contributed by atoms with van der Waals surface area (Å²) in [5.74, 6) is -1.03. The number of fused-ring (bicyclic) bond motifs is 1. The molecule has 1 aliphatic heterocycles. The molecule has 0 spiro atoms. The zero-order chi connectivity index (χ0) is 44.0. The highest BCUT2D eigenvalue weighted by Crippen LogP contribution is 2.61. The Hall–Kier alpha value is -2.48. The minimum Gasteiger partial charge on any atom is -0.386 e. The van der Waals surface area contributed by atoms with E-state index in [4.69, 9.17) is 19.5 Å². The van der Waals surface area contributed by atoms with Gasteiger partial charge < -0.3 is 57.0 Å². The molecule has 0 bridgehead atoms. The first-order chi connectivity index (χ1) is 27.6. The number of carbonyl (C=O) groups excluding carboxylic acids is 3. The number of nitrogens with zero attached hydrogens (tertiary/aromatic N) is 4. The third-order valence-corrected chi connectivity index (χ3v) is 12.8. The van der Waals surface area contributed by atoms with Crippen molar-refractivity contribution in [2.24, 2.45) is 5.41 Å². The van der Waals surface area contributed by atoms with Crippen molar-refractivity contribution in [2.75, 3.05) is 37.8 Å². The molecule has 3 rings (SSSR count). The number of hydrogen-bond acceptors (Lipinski definition) is 19. The van der Waals surface area contributed by atoms with Crippen LogP contribution in [0.25, 0.3) is 11.2 Å². The van der Waals surface area contributed by atoms with E-state index in [2.05, 4.69) is 41.3 Å². The molecular formula is C31H57N8O17P3S. The van der Waals surface area contributed by atoms with Gasteiger partial charge in [0.1, 0.15) is 36.3 Å². The lowest BCUT2D eigenvalue weighted by Crippen LogP contribution is -2.46. The Morgan fingerprint density at radius 3 is 2.28 bits per heavy atom. The van der Waals surface area contributed by atoms with Crippen LogP contribution < -0.4 is 22.5 Å². The Morgan fingerprint density at radius 2 is 1.62 bits per heavy atom. The molecule has 0 aromatic carbocycles. The minimum atomic E-state index is -5.57. The van der Waals surface area contributed by atoms with Crippen LogP contribution in [0.4, 0.5) is 5.82 Å². The summed E-state index contributed by atoms with van der Waals surface area (Å²) < 4.78 is 62.2. The number of phosphoric acid groups is 3. The monoisotopic (exact) mass is 938 g/mol. The molecule has 25 nitrogen and oxygen atoms in total. The summed E-state index contributed by atoms with van der Waals surface area (Å²) in [6.07, 6.45) is 1.35. The van der Waals surface area contributed by atoms with E-state index in [0.717, 1.165) is 48.2 Å². The number of aromatic nitrogens is 4. The van der Waals surface area contributed by atoms with Crippen molar-refractivity contribution < 1.29 is 80.5 Å². The molecule has 7 atom stereocenters. The fraction of sp³-hybridized carbons (Fsp3) is 0.742. The van der Waals surface area contributed by atoms with Crippen LogP contribution in [0.1, 0.15) is 84.8 Å². The first kappa shape index (κ1) is 53.7. The molecule has 1 fully saturated rings. The number of anilines is 1. The lowest BCUT2D eigenvalue weighted by molar-refractivity contribution is -0.137. The topological polar surface area (TPSA) is 399 Å². The largest absolute Gasteiger partial charge is 0.481 e. The van der Waals surface area contributed by atoms with Gasteiger partial charge in [-0.25, -0.2) is 28.6 Å². The highest BCUT2D eigenvalue weighted by atomic mass is 32.2. The maximum Gasteiger partial charge on any atom is 0.481 e. The van der Waals surface area contributed by atoms with Gasteiger partial charge in [-0.3, -0.25) is 32.5 Å². The Balaban J connectivity index is 0.0000124. The first-order valence-corrected chi connectivity index (χ1v) is 24.1. The van der Waals surface area contributed by atoms with Gasteiger partial charge in [-0.15, -0.1) is 0 Å². The van der Waals surface area contributed by atoms with Crippen LogP contribution >= 0.6 is 35.2 Å². The molecule has 29 heteroatoms. The number of nitrogens with two attached hydrogens (primary N) is 1. The van der Waals surface area contributed by atoms with E-state index < -0.39 is 84.6 Å². The number of nitrogens with one attached hydrogen (secondary N) is 2. The van der Waals surface area contributed by atoms with E-state index in [1.165, 1.54) is 39.5 Å².